The van der Waals surface area contributed by atoms with Gasteiger partial charge in [0.15, 0.2) is 16.3 Å². The van der Waals surface area contributed by atoms with E-state index in [2.05, 4.69) is 34.2 Å². The molecular weight excluding hydrogens is 619 g/mol. The molecule has 0 saturated carbocycles. The van der Waals surface area contributed by atoms with Gasteiger partial charge in [-0.2, -0.15) is 0 Å². The lowest BCUT2D eigenvalue weighted by molar-refractivity contribution is -0.139. The molecule has 1 atom stereocenters. The third-order valence-electron chi connectivity index (χ3n) is 5.84. The Hall–Kier alpha value is -3.38. The molecule has 4 rings (SSSR count). The highest BCUT2D eigenvalue weighted by atomic mass is 127. The number of hydrogen-bond donors (Lipinski definition) is 0. The first-order chi connectivity index (χ1) is 18.3. The van der Waals surface area contributed by atoms with E-state index in [9.17, 15) is 9.59 Å². The van der Waals surface area contributed by atoms with Crippen molar-refractivity contribution in [1.82, 2.24) is 4.57 Å². The zero-order valence-electron chi connectivity index (χ0n) is 21.4. The van der Waals surface area contributed by atoms with Crippen molar-refractivity contribution in [2.24, 2.45) is 4.99 Å². The molecule has 0 radical (unpaired) electrons. The van der Waals surface area contributed by atoms with Gasteiger partial charge < -0.3 is 18.9 Å². The first-order valence-electron chi connectivity index (χ1n) is 11.8. The van der Waals surface area contributed by atoms with E-state index >= 15 is 0 Å². The highest BCUT2D eigenvalue weighted by Crippen LogP contribution is 2.34. The fraction of sp³-hybridized carbons (Fsp3) is 0.250. The van der Waals surface area contributed by atoms with Crippen LogP contribution in [0.5, 0.6) is 17.2 Å². The van der Waals surface area contributed by atoms with Crippen LogP contribution in [0.15, 0.2) is 70.1 Å². The largest absolute Gasteiger partial charge is 0.497 e. The van der Waals surface area contributed by atoms with Crippen LogP contribution in [0.3, 0.4) is 0 Å². The third-order valence-corrected chi connectivity index (χ3v) is 7.63. The number of ether oxygens (including phenoxy) is 4. The standard InChI is InChI=1S/C28H27IN2O6S/c1-6-12-37-25-20(29)13-17(14-21(25)35-5)15-22-26(32)31-24(18-8-10-19(34-4)11-9-18)23(27(33)36-7-2)16(3)30-28(31)38-22/h6,8-11,13-15,24H,1,7,12H2,2-5H3. The molecule has 0 N–H and O–H groups in total. The number of fused-ring (bicyclic) bond motifs is 1. The maximum atomic E-state index is 13.8. The summed E-state index contributed by atoms with van der Waals surface area (Å²) in [7, 11) is 3.15. The first-order valence-corrected chi connectivity index (χ1v) is 13.7. The van der Waals surface area contributed by atoms with Gasteiger partial charge in [0, 0.05) is 0 Å². The molecule has 0 saturated heterocycles. The van der Waals surface area contributed by atoms with Crippen molar-refractivity contribution in [3.8, 4) is 17.2 Å². The molecule has 1 unspecified atom stereocenters. The average molecular weight is 647 g/mol. The van der Waals surface area contributed by atoms with Gasteiger partial charge in [-0.25, -0.2) is 9.79 Å². The summed E-state index contributed by atoms with van der Waals surface area (Å²) in [4.78, 5) is 32.0. The summed E-state index contributed by atoms with van der Waals surface area (Å²) in [5.74, 6) is 1.33. The number of carbonyl (C=O) groups excluding carboxylic acids is 1. The van der Waals surface area contributed by atoms with Crippen LogP contribution >= 0.6 is 33.9 Å². The quantitative estimate of drug-likeness (QED) is 0.199. The number of allylic oxidation sites excluding steroid dienone is 1. The Morgan fingerprint density at radius 2 is 1.95 bits per heavy atom. The van der Waals surface area contributed by atoms with Gasteiger partial charge in [-0.1, -0.05) is 36.1 Å². The second kappa shape index (κ2) is 12.0. The Labute approximate surface area is 237 Å². The van der Waals surface area contributed by atoms with Crippen LogP contribution in [-0.2, 0) is 9.53 Å². The number of esters is 1. The van der Waals surface area contributed by atoms with Crippen LogP contribution in [0, 0.1) is 3.57 Å². The Kier molecular flexibility index (Phi) is 8.72. The van der Waals surface area contributed by atoms with E-state index in [1.54, 1.807) is 56.9 Å². The van der Waals surface area contributed by atoms with Crippen molar-refractivity contribution in [1.29, 1.82) is 0 Å². The number of rotatable bonds is 9. The summed E-state index contributed by atoms with van der Waals surface area (Å²) >= 11 is 3.43. The molecule has 1 aromatic heterocycles. The van der Waals surface area contributed by atoms with Crippen molar-refractivity contribution < 1.29 is 23.7 Å². The lowest BCUT2D eigenvalue weighted by Gasteiger charge is -2.24. The number of methoxy groups -OCH3 is 2. The number of thiazole rings is 1. The van der Waals surface area contributed by atoms with E-state index in [0.29, 0.717) is 44.5 Å². The topological polar surface area (TPSA) is 88.4 Å². The van der Waals surface area contributed by atoms with E-state index in [0.717, 1.165) is 14.7 Å². The molecule has 1 aliphatic rings. The van der Waals surface area contributed by atoms with E-state index < -0.39 is 12.0 Å². The lowest BCUT2D eigenvalue weighted by atomic mass is 9.96. The number of carbonyl (C=O) groups is 1. The van der Waals surface area contributed by atoms with Crippen LogP contribution in [0.2, 0.25) is 0 Å². The number of aromatic nitrogens is 1. The molecule has 38 heavy (non-hydrogen) atoms. The fourth-order valence-corrected chi connectivity index (χ4v) is 5.98. The van der Waals surface area contributed by atoms with Crippen molar-refractivity contribution >= 4 is 46.0 Å². The second-order valence-electron chi connectivity index (χ2n) is 8.21. The molecule has 1 aliphatic heterocycles. The van der Waals surface area contributed by atoms with Crippen LogP contribution in [0.4, 0.5) is 0 Å². The molecule has 0 bridgehead atoms. The third kappa shape index (κ3) is 5.41. The molecule has 198 valence electrons. The van der Waals surface area contributed by atoms with Crippen LogP contribution < -0.4 is 29.1 Å². The Morgan fingerprint density at radius 1 is 1.21 bits per heavy atom. The number of nitrogens with zero attached hydrogens (tertiary/aromatic N) is 2. The predicted molar refractivity (Wildman–Crippen MR) is 155 cm³/mol. The van der Waals surface area contributed by atoms with Crippen molar-refractivity contribution in [3.05, 3.63) is 94.7 Å². The van der Waals surface area contributed by atoms with Crippen molar-refractivity contribution in [2.75, 3.05) is 27.4 Å². The Morgan fingerprint density at radius 3 is 2.58 bits per heavy atom. The van der Waals surface area contributed by atoms with E-state index in [1.165, 1.54) is 11.3 Å². The minimum absolute atomic E-state index is 0.211. The summed E-state index contributed by atoms with van der Waals surface area (Å²) in [6.45, 7) is 7.75. The average Bonchev–Trinajstić information content (AvgIpc) is 3.21. The zero-order valence-corrected chi connectivity index (χ0v) is 24.4. The first kappa shape index (κ1) is 27.6. The van der Waals surface area contributed by atoms with Gasteiger partial charge in [0.1, 0.15) is 12.4 Å². The molecule has 2 aromatic carbocycles. The fourth-order valence-electron chi connectivity index (χ4n) is 4.15. The lowest BCUT2D eigenvalue weighted by Crippen LogP contribution is -2.39. The summed E-state index contributed by atoms with van der Waals surface area (Å²) < 4.78 is 24.8. The Bertz CT molecular complexity index is 1590. The zero-order chi connectivity index (χ0) is 27.4. The normalized spacial score (nSPS) is 15.0. The summed E-state index contributed by atoms with van der Waals surface area (Å²) in [5.41, 5.74) is 2.10. The summed E-state index contributed by atoms with van der Waals surface area (Å²) in [5, 5.41) is 0. The maximum absolute atomic E-state index is 13.8. The van der Waals surface area contributed by atoms with Crippen molar-refractivity contribution in [2.45, 2.75) is 19.9 Å². The van der Waals surface area contributed by atoms with Gasteiger partial charge in [-0.15, -0.1) is 0 Å². The van der Waals surface area contributed by atoms with Gasteiger partial charge in [0.05, 0.1) is 46.2 Å². The Balaban J connectivity index is 1.89. The van der Waals surface area contributed by atoms with Crippen LogP contribution in [0.25, 0.3) is 6.08 Å². The molecule has 2 heterocycles. The van der Waals surface area contributed by atoms with Gasteiger partial charge in [0.25, 0.3) is 5.56 Å². The number of benzene rings is 2. The summed E-state index contributed by atoms with van der Waals surface area (Å²) in [6, 6.07) is 10.3. The number of halogens is 1. The molecular formula is C28H27IN2O6S. The van der Waals surface area contributed by atoms with Gasteiger partial charge in [-0.05, 0) is 77.9 Å². The second-order valence-corrected chi connectivity index (χ2v) is 10.4. The smallest absolute Gasteiger partial charge is 0.338 e. The van der Waals surface area contributed by atoms with Gasteiger partial charge in [0.2, 0.25) is 0 Å². The molecule has 0 fully saturated rings. The summed E-state index contributed by atoms with van der Waals surface area (Å²) in [6.07, 6.45) is 3.45. The molecule has 0 spiro atoms. The van der Waals surface area contributed by atoms with Crippen LogP contribution in [-0.4, -0.2) is 38.0 Å². The monoisotopic (exact) mass is 646 g/mol. The minimum Gasteiger partial charge on any atom is -0.497 e. The van der Waals surface area contributed by atoms with Gasteiger partial charge >= 0.3 is 5.97 Å². The molecule has 3 aromatic rings. The van der Waals surface area contributed by atoms with E-state index in [-0.39, 0.29) is 12.2 Å². The SMILES string of the molecule is C=CCOc1c(I)cc(C=c2sc3n(c2=O)C(c2ccc(OC)cc2)C(C(=O)OCC)=C(C)N=3)cc1OC. The minimum atomic E-state index is -0.692. The highest BCUT2D eigenvalue weighted by Gasteiger charge is 2.33. The highest BCUT2D eigenvalue weighted by molar-refractivity contribution is 14.1. The molecule has 10 heteroatoms. The molecule has 8 nitrogen and oxygen atoms in total. The predicted octanol–water partition coefficient (Wildman–Crippen LogP) is 3.98. The van der Waals surface area contributed by atoms with E-state index in [1.807, 2.05) is 24.3 Å². The maximum Gasteiger partial charge on any atom is 0.338 e. The van der Waals surface area contributed by atoms with Crippen LogP contribution in [0.1, 0.15) is 31.0 Å². The van der Waals surface area contributed by atoms with Crippen molar-refractivity contribution in [3.63, 3.8) is 0 Å². The van der Waals surface area contributed by atoms with Gasteiger partial charge in [-0.3, -0.25) is 9.36 Å². The molecule has 0 amide bonds. The molecule has 0 aliphatic carbocycles. The number of hydrogen-bond acceptors (Lipinski definition) is 8. The van der Waals surface area contributed by atoms with E-state index in [4.69, 9.17) is 18.9 Å².